The van der Waals surface area contributed by atoms with Gasteiger partial charge in [0.25, 0.3) is 0 Å². The van der Waals surface area contributed by atoms with Gasteiger partial charge in [-0.15, -0.1) is 0 Å². The number of nitrogens with zero attached hydrogens (tertiary/aromatic N) is 1. The van der Waals surface area contributed by atoms with E-state index in [-0.39, 0.29) is 0 Å². The van der Waals surface area contributed by atoms with Crippen molar-refractivity contribution in [2.75, 3.05) is 26.8 Å². The lowest BCUT2D eigenvalue weighted by Crippen LogP contribution is -2.33. The quantitative estimate of drug-likeness (QED) is 0.876. The highest BCUT2D eigenvalue weighted by Crippen LogP contribution is 2.32. The summed E-state index contributed by atoms with van der Waals surface area (Å²) in [6.45, 7) is 8.43. The molecule has 1 heterocycles. The second-order valence-corrected chi connectivity index (χ2v) is 6.34. The van der Waals surface area contributed by atoms with E-state index in [0.717, 1.165) is 23.5 Å². The van der Waals surface area contributed by atoms with E-state index in [0.29, 0.717) is 31.7 Å². The number of rotatable bonds is 6. The van der Waals surface area contributed by atoms with Crippen molar-refractivity contribution >= 4 is 0 Å². The molecule has 2 unspecified atom stereocenters. The van der Waals surface area contributed by atoms with Crippen LogP contribution in [0, 0.1) is 5.92 Å². The summed E-state index contributed by atoms with van der Waals surface area (Å²) in [6, 6.07) is 6.14. The van der Waals surface area contributed by atoms with E-state index in [9.17, 15) is 5.11 Å². The predicted octanol–water partition coefficient (Wildman–Crippen LogP) is 2.86. The summed E-state index contributed by atoms with van der Waals surface area (Å²) in [7, 11) is 2.06. The molecule has 2 rings (SSSR count). The van der Waals surface area contributed by atoms with Gasteiger partial charge in [-0.3, -0.25) is 0 Å². The SMILES string of the molecule is CC(C)CC(C)N(C)CC(O)c1ccc2c(c1)OCCO2. The fourth-order valence-corrected chi connectivity index (χ4v) is 2.69. The summed E-state index contributed by atoms with van der Waals surface area (Å²) in [5.41, 5.74) is 0.878. The van der Waals surface area contributed by atoms with Gasteiger partial charge in [0.2, 0.25) is 0 Å². The van der Waals surface area contributed by atoms with Gasteiger partial charge in [-0.05, 0) is 44.0 Å². The minimum absolute atomic E-state index is 0.455. The van der Waals surface area contributed by atoms with Crippen LogP contribution in [0.25, 0.3) is 0 Å². The summed E-state index contributed by atoms with van der Waals surface area (Å²) in [4.78, 5) is 2.21. The zero-order valence-corrected chi connectivity index (χ0v) is 13.5. The molecule has 4 heteroatoms. The fraction of sp³-hybridized carbons (Fsp3) is 0.647. The summed E-state index contributed by atoms with van der Waals surface area (Å²) in [5.74, 6) is 2.16. The highest BCUT2D eigenvalue weighted by molar-refractivity contribution is 5.44. The molecule has 0 radical (unpaired) electrons. The predicted molar refractivity (Wildman–Crippen MR) is 83.9 cm³/mol. The Bertz CT molecular complexity index is 461. The Morgan fingerprint density at radius 3 is 2.48 bits per heavy atom. The maximum absolute atomic E-state index is 10.4. The highest BCUT2D eigenvalue weighted by Gasteiger charge is 2.19. The molecule has 0 fully saturated rings. The topological polar surface area (TPSA) is 41.9 Å². The standard InChI is InChI=1S/C17H27NO3/c1-12(2)9-13(3)18(4)11-15(19)14-5-6-16-17(10-14)21-8-7-20-16/h5-6,10,12-13,15,19H,7-9,11H2,1-4H3. The number of ether oxygens (including phenoxy) is 2. The number of hydrogen-bond acceptors (Lipinski definition) is 4. The van der Waals surface area contributed by atoms with Crippen molar-refractivity contribution in [2.45, 2.75) is 39.3 Å². The van der Waals surface area contributed by atoms with Gasteiger partial charge in [0.05, 0.1) is 6.10 Å². The molecule has 0 aliphatic carbocycles. The normalized spacial score (nSPS) is 17.1. The Morgan fingerprint density at radius 2 is 1.81 bits per heavy atom. The zero-order valence-electron chi connectivity index (χ0n) is 13.5. The van der Waals surface area contributed by atoms with Crippen molar-refractivity contribution in [1.82, 2.24) is 4.90 Å². The van der Waals surface area contributed by atoms with Gasteiger partial charge >= 0.3 is 0 Å². The van der Waals surface area contributed by atoms with Crippen LogP contribution in [0.3, 0.4) is 0 Å². The van der Waals surface area contributed by atoms with Gasteiger partial charge in [0.15, 0.2) is 11.5 Å². The van der Waals surface area contributed by atoms with Crippen molar-refractivity contribution in [1.29, 1.82) is 0 Å². The molecule has 1 aliphatic rings. The van der Waals surface area contributed by atoms with E-state index in [1.54, 1.807) is 0 Å². The Balaban J connectivity index is 1.98. The van der Waals surface area contributed by atoms with Crippen LogP contribution in [0.4, 0.5) is 0 Å². The molecule has 2 atom stereocenters. The van der Waals surface area contributed by atoms with Crippen LogP contribution >= 0.6 is 0 Å². The van der Waals surface area contributed by atoms with Crippen molar-refractivity contribution in [2.24, 2.45) is 5.92 Å². The van der Waals surface area contributed by atoms with Crippen LogP contribution in [0.5, 0.6) is 11.5 Å². The second kappa shape index (κ2) is 7.14. The minimum atomic E-state index is -0.513. The zero-order chi connectivity index (χ0) is 15.4. The number of fused-ring (bicyclic) bond motifs is 1. The van der Waals surface area contributed by atoms with Crippen molar-refractivity contribution in [3.05, 3.63) is 23.8 Å². The van der Waals surface area contributed by atoms with Gasteiger partial charge < -0.3 is 19.5 Å². The number of likely N-dealkylation sites (N-methyl/N-ethyl adjacent to an activating group) is 1. The molecule has 4 nitrogen and oxygen atoms in total. The van der Waals surface area contributed by atoms with E-state index >= 15 is 0 Å². The van der Waals surface area contributed by atoms with E-state index in [2.05, 4.69) is 32.7 Å². The third-order valence-electron chi connectivity index (χ3n) is 3.98. The van der Waals surface area contributed by atoms with Crippen LogP contribution < -0.4 is 9.47 Å². The fourth-order valence-electron chi connectivity index (χ4n) is 2.69. The Labute approximate surface area is 127 Å². The molecule has 0 aromatic heterocycles. The molecule has 1 aromatic carbocycles. The van der Waals surface area contributed by atoms with Gasteiger partial charge in [-0.1, -0.05) is 19.9 Å². The molecule has 118 valence electrons. The van der Waals surface area contributed by atoms with Gasteiger partial charge in [0, 0.05) is 12.6 Å². The molecule has 1 N–H and O–H groups in total. The average Bonchev–Trinajstić information content (AvgIpc) is 2.45. The molecule has 21 heavy (non-hydrogen) atoms. The molecule has 0 saturated carbocycles. The molecule has 0 amide bonds. The maximum Gasteiger partial charge on any atom is 0.161 e. The summed E-state index contributed by atoms with van der Waals surface area (Å²) >= 11 is 0. The van der Waals surface area contributed by atoms with Crippen LogP contribution in [-0.2, 0) is 0 Å². The van der Waals surface area contributed by atoms with Crippen molar-refractivity contribution in [3.8, 4) is 11.5 Å². The maximum atomic E-state index is 10.4. The van der Waals surface area contributed by atoms with Gasteiger partial charge in [0.1, 0.15) is 13.2 Å². The first-order valence-electron chi connectivity index (χ1n) is 7.75. The van der Waals surface area contributed by atoms with Crippen molar-refractivity contribution in [3.63, 3.8) is 0 Å². The van der Waals surface area contributed by atoms with E-state index < -0.39 is 6.10 Å². The number of aliphatic hydroxyl groups is 1. The minimum Gasteiger partial charge on any atom is -0.486 e. The largest absolute Gasteiger partial charge is 0.486 e. The number of benzene rings is 1. The van der Waals surface area contributed by atoms with Crippen molar-refractivity contribution < 1.29 is 14.6 Å². The monoisotopic (exact) mass is 293 g/mol. The molecule has 0 bridgehead atoms. The molecule has 0 spiro atoms. The first-order chi connectivity index (χ1) is 9.97. The summed E-state index contributed by atoms with van der Waals surface area (Å²) in [5, 5.41) is 10.4. The van der Waals surface area contributed by atoms with Crippen LogP contribution in [0.2, 0.25) is 0 Å². The lowest BCUT2D eigenvalue weighted by atomic mass is 10.0. The van der Waals surface area contributed by atoms with E-state index in [4.69, 9.17) is 9.47 Å². The lowest BCUT2D eigenvalue weighted by Gasteiger charge is -2.28. The third-order valence-corrected chi connectivity index (χ3v) is 3.98. The highest BCUT2D eigenvalue weighted by atomic mass is 16.6. The summed E-state index contributed by atoms with van der Waals surface area (Å²) < 4.78 is 11.1. The number of hydrogen-bond donors (Lipinski definition) is 1. The number of aliphatic hydroxyl groups excluding tert-OH is 1. The van der Waals surface area contributed by atoms with Gasteiger partial charge in [-0.2, -0.15) is 0 Å². The van der Waals surface area contributed by atoms with Crippen LogP contribution in [0.1, 0.15) is 38.9 Å². The summed E-state index contributed by atoms with van der Waals surface area (Å²) in [6.07, 6.45) is 0.616. The third kappa shape index (κ3) is 4.35. The molecule has 1 aliphatic heterocycles. The van der Waals surface area contributed by atoms with Crippen LogP contribution in [-0.4, -0.2) is 42.9 Å². The molecule has 0 saturated heterocycles. The lowest BCUT2D eigenvalue weighted by molar-refractivity contribution is 0.101. The molecule has 1 aromatic rings. The average molecular weight is 293 g/mol. The first kappa shape index (κ1) is 16.1. The van der Waals surface area contributed by atoms with Crippen LogP contribution in [0.15, 0.2) is 18.2 Å². The Kier molecular flexibility index (Phi) is 5.48. The smallest absolute Gasteiger partial charge is 0.161 e. The molecular formula is C17H27NO3. The Morgan fingerprint density at radius 1 is 1.14 bits per heavy atom. The van der Waals surface area contributed by atoms with Gasteiger partial charge in [-0.25, -0.2) is 0 Å². The van der Waals surface area contributed by atoms with E-state index in [1.165, 1.54) is 0 Å². The second-order valence-electron chi connectivity index (χ2n) is 6.34. The molecular weight excluding hydrogens is 266 g/mol. The van der Waals surface area contributed by atoms with E-state index in [1.807, 2.05) is 18.2 Å². The first-order valence-corrected chi connectivity index (χ1v) is 7.75. The Hall–Kier alpha value is -1.26.